The summed E-state index contributed by atoms with van der Waals surface area (Å²) in [5.41, 5.74) is 0.588. The maximum Gasteiger partial charge on any atom is 0.202 e. The smallest absolute Gasteiger partial charge is 0.202 e. The molecule has 88 valence electrons. The molecule has 0 radical (unpaired) electrons. The Morgan fingerprint density at radius 2 is 2.47 bits per heavy atom. The lowest BCUT2D eigenvalue weighted by atomic mass is 9.96. The van der Waals surface area contributed by atoms with Crippen molar-refractivity contribution in [1.82, 2.24) is 10.3 Å². The topological polar surface area (TPSA) is 38.5 Å². The van der Waals surface area contributed by atoms with E-state index in [0.29, 0.717) is 23.5 Å². The fourth-order valence-corrected chi connectivity index (χ4v) is 2.89. The highest BCUT2D eigenvalue weighted by Gasteiger charge is 2.39. The molecular formula is C13H15N3O. The van der Waals surface area contributed by atoms with E-state index >= 15 is 0 Å². The number of piperidine rings is 1. The van der Waals surface area contributed by atoms with Gasteiger partial charge in [0.1, 0.15) is 0 Å². The van der Waals surface area contributed by atoms with Gasteiger partial charge in [-0.1, -0.05) is 0 Å². The lowest BCUT2D eigenvalue weighted by molar-refractivity contribution is 0.196. The van der Waals surface area contributed by atoms with Crippen LogP contribution < -0.4 is 10.1 Å². The molecule has 0 aromatic carbocycles. The first-order valence-electron chi connectivity index (χ1n) is 6.05. The maximum absolute atomic E-state index is 6.94. The Kier molecular flexibility index (Phi) is 2.69. The highest BCUT2D eigenvalue weighted by molar-refractivity contribution is 5.45. The van der Waals surface area contributed by atoms with Gasteiger partial charge in [-0.25, -0.2) is 9.83 Å². The summed E-state index contributed by atoms with van der Waals surface area (Å²) >= 11 is 0. The quantitative estimate of drug-likeness (QED) is 0.806. The minimum atomic E-state index is 0.578. The zero-order valence-electron chi connectivity index (χ0n) is 9.60. The van der Waals surface area contributed by atoms with E-state index in [2.05, 4.69) is 15.1 Å². The maximum atomic E-state index is 6.94. The summed E-state index contributed by atoms with van der Waals surface area (Å²) in [4.78, 5) is 7.50. The minimum absolute atomic E-state index is 0.578. The summed E-state index contributed by atoms with van der Waals surface area (Å²) in [7, 11) is 0. The second kappa shape index (κ2) is 4.34. The van der Waals surface area contributed by atoms with Gasteiger partial charge in [0.25, 0.3) is 0 Å². The predicted molar refractivity (Wildman–Crippen MR) is 64.0 cm³/mol. The van der Waals surface area contributed by atoms with Crippen LogP contribution in [0.1, 0.15) is 12.8 Å². The number of ether oxygens (including phenoxy) is 1. The van der Waals surface area contributed by atoms with Gasteiger partial charge < -0.3 is 10.1 Å². The van der Waals surface area contributed by atoms with Crippen LogP contribution in [0.3, 0.4) is 0 Å². The average Bonchev–Trinajstić information content (AvgIpc) is 2.99. The van der Waals surface area contributed by atoms with Crippen LogP contribution in [0.4, 0.5) is 5.69 Å². The molecule has 2 aliphatic rings. The minimum Gasteiger partial charge on any atom is -0.478 e. The highest BCUT2D eigenvalue weighted by atomic mass is 16.5. The highest BCUT2D eigenvalue weighted by Crippen LogP contribution is 2.36. The average molecular weight is 229 g/mol. The third-order valence-electron chi connectivity index (χ3n) is 3.80. The van der Waals surface area contributed by atoms with Gasteiger partial charge in [0, 0.05) is 18.3 Å². The van der Waals surface area contributed by atoms with Crippen LogP contribution >= 0.6 is 0 Å². The van der Waals surface area contributed by atoms with E-state index in [4.69, 9.17) is 11.3 Å². The van der Waals surface area contributed by atoms with Crippen molar-refractivity contribution in [3.05, 3.63) is 29.7 Å². The monoisotopic (exact) mass is 229 g/mol. The number of fused-ring (bicyclic) bond motifs is 2. The number of aromatic nitrogens is 1. The van der Waals surface area contributed by atoms with E-state index in [1.54, 1.807) is 18.3 Å². The van der Waals surface area contributed by atoms with Crippen molar-refractivity contribution in [2.24, 2.45) is 11.8 Å². The standard InChI is InChI=1S/C13H15N3O/c1-14-11-2-3-15-13(6-11)17-8-10-5-12-4-9(10)7-16-12/h2-3,6,9-10,12,16H,4-5,7-8H2. The van der Waals surface area contributed by atoms with Crippen LogP contribution in [-0.2, 0) is 0 Å². The van der Waals surface area contributed by atoms with Crippen LogP contribution in [0.5, 0.6) is 5.88 Å². The normalized spacial score (nSPS) is 30.2. The van der Waals surface area contributed by atoms with Crippen LogP contribution in [0, 0.1) is 18.4 Å². The van der Waals surface area contributed by atoms with Crippen molar-refractivity contribution >= 4 is 5.69 Å². The number of pyridine rings is 1. The van der Waals surface area contributed by atoms with E-state index in [1.165, 1.54) is 12.8 Å². The molecule has 1 aliphatic heterocycles. The largest absolute Gasteiger partial charge is 0.478 e. The molecule has 1 saturated carbocycles. The lowest BCUT2D eigenvalue weighted by Gasteiger charge is -2.22. The number of nitrogens with zero attached hydrogens (tertiary/aromatic N) is 2. The molecule has 2 bridgehead atoms. The molecule has 1 aliphatic carbocycles. The molecule has 4 nitrogen and oxygen atoms in total. The Bertz CT molecular complexity index is 454. The third kappa shape index (κ3) is 2.11. The molecule has 0 amide bonds. The summed E-state index contributed by atoms with van der Waals surface area (Å²) < 4.78 is 5.70. The van der Waals surface area contributed by atoms with Crippen LogP contribution in [0.2, 0.25) is 0 Å². The molecular weight excluding hydrogens is 214 g/mol. The molecule has 1 N–H and O–H groups in total. The summed E-state index contributed by atoms with van der Waals surface area (Å²) in [5.74, 6) is 2.00. The number of rotatable bonds is 3. The SMILES string of the molecule is [C-]#[N+]c1ccnc(OCC2CC3CC2CN3)c1. The number of hydrogen-bond acceptors (Lipinski definition) is 3. The van der Waals surface area contributed by atoms with E-state index < -0.39 is 0 Å². The number of hydrogen-bond donors (Lipinski definition) is 1. The van der Waals surface area contributed by atoms with Crippen LogP contribution in [0.25, 0.3) is 4.85 Å². The Morgan fingerprint density at radius 3 is 3.18 bits per heavy atom. The molecule has 3 rings (SSSR count). The summed E-state index contributed by atoms with van der Waals surface area (Å²) in [6, 6.07) is 4.11. The van der Waals surface area contributed by atoms with Gasteiger partial charge in [-0.15, -0.1) is 0 Å². The first-order valence-corrected chi connectivity index (χ1v) is 6.05. The van der Waals surface area contributed by atoms with Crippen molar-refractivity contribution in [2.45, 2.75) is 18.9 Å². The fraction of sp³-hybridized carbons (Fsp3) is 0.538. The molecule has 17 heavy (non-hydrogen) atoms. The second-order valence-corrected chi connectivity index (χ2v) is 4.87. The van der Waals surface area contributed by atoms with E-state index in [1.807, 2.05) is 0 Å². The number of nitrogens with one attached hydrogen (secondary N) is 1. The fourth-order valence-electron chi connectivity index (χ4n) is 2.89. The van der Waals surface area contributed by atoms with Gasteiger partial charge in [-0.05, 0) is 37.3 Å². The molecule has 1 aromatic rings. The van der Waals surface area contributed by atoms with E-state index in [-0.39, 0.29) is 0 Å². The zero-order valence-corrected chi connectivity index (χ0v) is 9.60. The van der Waals surface area contributed by atoms with Gasteiger partial charge in [-0.2, -0.15) is 0 Å². The molecule has 3 atom stereocenters. The van der Waals surface area contributed by atoms with Crippen LogP contribution in [0.15, 0.2) is 18.3 Å². The first kappa shape index (κ1) is 10.5. The molecule has 2 fully saturated rings. The van der Waals surface area contributed by atoms with Crippen molar-refractivity contribution in [3.63, 3.8) is 0 Å². The summed E-state index contributed by atoms with van der Waals surface area (Å²) in [6.45, 7) is 8.81. The third-order valence-corrected chi connectivity index (χ3v) is 3.80. The Balaban J connectivity index is 1.59. The first-order chi connectivity index (χ1) is 8.35. The summed E-state index contributed by atoms with van der Waals surface area (Å²) in [6.07, 6.45) is 4.14. The zero-order chi connectivity index (χ0) is 11.7. The Morgan fingerprint density at radius 1 is 1.53 bits per heavy atom. The molecule has 4 heteroatoms. The molecule has 3 unspecified atom stereocenters. The Labute approximate surface area is 101 Å². The van der Waals surface area contributed by atoms with Gasteiger partial charge >= 0.3 is 0 Å². The molecule has 1 saturated heterocycles. The molecule has 1 aromatic heterocycles. The van der Waals surface area contributed by atoms with Crippen molar-refractivity contribution in [2.75, 3.05) is 13.2 Å². The van der Waals surface area contributed by atoms with Gasteiger partial charge in [-0.3, -0.25) is 0 Å². The van der Waals surface area contributed by atoms with E-state index in [0.717, 1.165) is 19.1 Å². The Hall–Kier alpha value is -1.60. The van der Waals surface area contributed by atoms with Crippen molar-refractivity contribution in [1.29, 1.82) is 0 Å². The lowest BCUT2D eigenvalue weighted by Crippen LogP contribution is -2.32. The molecule has 0 spiro atoms. The summed E-state index contributed by atoms with van der Waals surface area (Å²) in [5, 5.41) is 3.49. The van der Waals surface area contributed by atoms with Gasteiger partial charge in [0.15, 0.2) is 5.69 Å². The van der Waals surface area contributed by atoms with Gasteiger partial charge in [0.05, 0.1) is 13.2 Å². The van der Waals surface area contributed by atoms with Crippen LogP contribution in [-0.4, -0.2) is 24.2 Å². The van der Waals surface area contributed by atoms with E-state index in [9.17, 15) is 0 Å². The van der Waals surface area contributed by atoms with Gasteiger partial charge in [0.2, 0.25) is 5.88 Å². The molecule has 2 heterocycles. The second-order valence-electron chi connectivity index (χ2n) is 4.87. The van der Waals surface area contributed by atoms with Crippen molar-refractivity contribution < 1.29 is 4.74 Å². The van der Waals surface area contributed by atoms with Crippen molar-refractivity contribution in [3.8, 4) is 5.88 Å². The predicted octanol–water partition coefficient (Wildman–Crippen LogP) is 2.01.